The molecule has 0 saturated heterocycles. The molecular formula is C22H27N3O3S. The van der Waals surface area contributed by atoms with Gasteiger partial charge in [-0.05, 0) is 47.7 Å². The molecule has 154 valence electrons. The number of rotatable bonds is 5. The predicted octanol–water partition coefficient (Wildman–Crippen LogP) is 4.22. The number of anilines is 2. The highest BCUT2D eigenvalue weighted by Gasteiger charge is 2.15. The molecule has 2 rings (SSSR count). The summed E-state index contributed by atoms with van der Waals surface area (Å²) in [4.78, 5) is 12.3. The first-order valence-electron chi connectivity index (χ1n) is 9.15. The Bertz CT molecular complexity index is 1030. The molecule has 0 spiro atoms. The fourth-order valence-electron chi connectivity index (χ4n) is 2.74. The first-order chi connectivity index (χ1) is 13.4. The van der Waals surface area contributed by atoms with Gasteiger partial charge in [0, 0.05) is 11.3 Å². The molecule has 0 radical (unpaired) electrons. The van der Waals surface area contributed by atoms with Crippen molar-refractivity contribution < 1.29 is 13.2 Å². The van der Waals surface area contributed by atoms with Crippen molar-refractivity contribution in [2.24, 2.45) is 0 Å². The summed E-state index contributed by atoms with van der Waals surface area (Å²) in [6, 6.07) is 12.0. The van der Waals surface area contributed by atoms with Crippen LogP contribution in [-0.4, -0.2) is 20.7 Å². The highest BCUT2D eigenvalue weighted by atomic mass is 32.2. The molecule has 0 unspecified atom stereocenters. The highest BCUT2D eigenvalue weighted by molar-refractivity contribution is 7.92. The number of sulfonamides is 1. The molecule has 7 heteroatoms. The van der Waals surface area contributed by atoms with Gasteiger partial charge >= 0.3 is 6.03 Å². The zero-order valence-corrected chi connectivity index (χ0v) is 18.1. The zero-order chi connectivity index (χ0) is 21.8. The lowest BCUT2D eigenvalue weighted by atomic mass is 9.87. The van der Waals surface area contributed by atoms with Crippen LogP contribution in [0.25, 0.3) is 0 Å². The van der Waals surface area contributed by atoms with E-state index >= 15 is 0 Å². The molecule has 29 heavy (non-hydrogen) atoms. The summed E-state index contributed by atoms with van der Waals surface area (Å²) in [5.41, 5.74) is 3.41. The third-order valence-electron chi connectivity index (χ3n) is 4.35. The minimum absolute atomic E-state index is 0.0438. The van der Waals surface area contributed by atoms with Gasteiger partial charge in [0.25, 0.3) is 0 Å². The summed E-state index contributed by atoms with van der Waals surface area (Å²) >= 11 is 0. The SMILES string of the molecule is C#Cc1cc([C@@H](C)NC(=O)Nc2ccc(C(C)(C)C)cc2)ccc1NS(C)(=O)=O. The maximum Gasteiger partial charge on any atom is 0.319 e. The summed E-state index contributed by atoms with van der Waals surface area (Å²) in [6.07, 6.45) is 6.56. The fraction of sp³-hybridized carbons (Fsp3) is 0.318. The number of urea groups is 1. The van der Waals surface area contributed by atoms with Crippen LogP contribution in [-0.2, 0) is 15.4 Å². The average Bonchev–Trinajstić information content (AvgIpc) is 2.60. The largest absolute Gasteiger partial charge is 0.331 e. The van der Waals surface area contributed by atoms with Crippen molar-refractivity contribution in [1.29, 1.82) is 0 Å². The smallest absolute Gasteiger partial charge is 0.319 e. The Morgan fingerprint density at radius 2 is 1.72 bits per heavy atom. The number of hydrogen-bond acceptors (Lipinski definition) is 3. The Morgan fingerprint density at radius 1 is 1.10 bits per heavy atom. The lowest BCUT2D eigenvalue weighted by Gasteiger charge is -2.20. The van der Waals surface area contributed by atoms with E-state index in [4.69, 9.17) is 6.42 Å². The van der Waals surface area contributed by atoms with E-state index in [0.29, 0.717) is 16.9 Å². The Morgan fingerprint density at radius 3 is 2.24 bits per heavy atom. The number of nitrogens with one attached hydrogen (secondary N) is 3. The maximum atomic E-state index is 12.3. The molecule has 2 amide bonds. The lowest BCUT2D eigenvalue weighted by Crippen LogP contribution is -2.31. The maximum absolute atomic E-state index is 12.3. The third-order valence-corrected chi connectivity index (χ3v) is 4.94. The molecule has 0 aromatic heterocycles. The topological polar surface area (TPSA) is 87.3 Å². The molecule has 0 aliphatic heterocycles. The van der Waals surface area contributed by atoms with E-state index < -0.39 is 10.0 Å². The summed E-state index contributed by atoms with van der Waals surface area (Å²) in [5.74, 6) is 2.47. The van der Waals surface area contributed by atoms with Crippen LogP contribution in [0.1, 0.15) is 50.4 Å². The summed E-state index contributed by atoms with van der Waals surface area (Å²) in [6.45, 7) is 8.21. The van der Waals surface area contributed by atoms with Crippen LogP contribution in [0.5, 0.6) is 0 Å². The van der Waals surface area contributed by atoms with Gasteiger partial charge < -0.3 is 10.6 Å². The van der Waals surface area contributed by atoms with Crippen molar-refractivity contribution >= 4 is 27.4 Å². The number of carbonyl (C=O) groups is 1. The van der Waals surface area contributed by atoms with E-state index in [0.717, 1.165) is 11.8 Å². The number of terminal acetylenes is 1. The molecular weight excluding hydrogens is 386 g/mol. The predicted molar refractivity (Wildman–Crippen MR) is 119 cm³/mol. The van der Waals surface area contributed by atoms with Gasteiger partial charge in [-0.3, -0.25) is 4.72 Å². The van der Waals surface area contributed by atoms with Crippen LogP contribution in [0.4, 0.5) is 16.2 Å². The van der Waals surface area contributed by atoms with Crippen molar-refractivity contribution in [2.75, 3.05) is 16.3 Å². The molecule has 3 N–H and O–H groups in total. The monoisotopic (exact) mass is 413 g/mol. The van der Waals surface area contributed by atoms with Crippen LogP contribution in [0.15, 0.2) is 42.5 Å². The normalized spacial score (nSPS) is 12.6. The van der Waals surface area contributed by atoms with Crippen molar-refractivity contribution in [2.45, 2.75) is 39.2 Å². The Balaban J connectivity index is 2.06. The second kappa shape index (κ2) is 8.58. The molecule has 0 aliphatic carbocycles. The van der Waals surface area contributed by atoms with Gasteiger partial charge in [-0.25, -0.2) is 13.2 Å². The van der Waals surface area contributed by atoms with Crippen molar-refractivity contribution in [3.05, 3.63) is 59.2 Å². The van der Waals surface area contributed by atoms with E-state index in [-0.39, 0.29) is 17.5 Å². The molecule has 2 aromatic carbocycles. The molecule has 0 saturated carbocycles. The van der Waals surface area contributed by atoms with E-state index in [1.165, 1.54) is 5.56 Å². The number of benzene rings is 2. The Hall–Kier alpha value is -2.98. The first kappa shape index (κ1) is 22.3. The molecule has 1 atom stereocenters. The minimum atomic E-state index is -3.43. The number of hydrogen-bond donors (Lipinski definition) is 3. The first-order valence-corrected chi connectivity index (χ1v) is 11.0. The van der Waals surface area contributed by atoms with Gasteiger partial charge in [-0.2, -0.15) is 0 Å². The Labute approximate surface area is 173 Å². The summed E-state index contributed by atoms with van der Waals surface area (Å²) < 4.78 is 25.3. The zero-order valence-electron chi connectivity index (χ0n) is 17.3. The fourth-order valence-corrected chi connectivity index (χ4v) is 3.32. The van der Waals surface area contributed by atoms with E-state index in [2.05, 4.69) is 42.0 Å². The van der Waals surface area contributed by atoms with E-state index in [1.807, 2.05) is 31.2 Å². The van der Waals surface area contributed by atoms with Crippen LogP contribution in [0.2, 0.25) is 0 Å². The van der Waals surface area contributed by atoms with Gasteiger partial charge in [0.15, 0.2) is 0 Å². The van der Waals surface area contributed by atoms with E-state index in [9.17, 15) is 13.2 Å². The highest BCUT2D eigenvalue weighted by Crippen LogP contribution is 2.24. The second-order valence-corrected chi connectivity index (χ2v) is 9.72. The van der Waals surface area contributed by atoms with Gasteiger partial charge in [0.1, 0.15) is 0 Å². The molecule has 2 aromatic rings. The van der Waals surface area contributed by atoms with Gasteiger partial charge in [-0.1, -0.05) is 44.9 Å². The van der Waals surface area contributed by atoms with Crippen molar-refractivity contribution in [1.82, 2.24) is 5.32 Å². The quantitative estimate of drug-likeness (QED) is 0.642. The van der Waals surface area contributed by atoms with E-state index in [1.54, 1.807) is 18.2 Å². The minimum Gasteiger partial charge on any atom is -0.331 e. The van der Waals surface area contributed by atoms with Gasteiger partial charge in [0.2, 0.25) is 10.0 Å². The van der Waals surface area contributed by atoms with Crippen LogP contribution >= 0.6 is 0 Å². The number of carbonyl (C=O) groups excluding carboxylic acids is 1. The molecule has 0 aliphatic rings. The second-order valence-electron chi connectivity index (χ2n) is 7.97. The number of amides is 2. The van der Waals surface area contributed by atoms with Crippen LogP contribution < -0.4 is 15.4 Å². The molecule has 0 bridgehead atoms. The standard InChI is InChI=1S/C22H27N3O3S/c1-7-16-14-17(8-13-20(16)25-29(6,27)28)15(2)23-21(26)24-19-11-9-18(10-12-19)22(3,4)5/h1,8-15,25H,2-6H3,(H2,23,24,26)/t15-/m1/s1. The summed E-state index contributed by atoms with van der Waals surface area (Å²) in [5, 5.41) is 5.66. The van der Waals surface area contributed by atoms with Crippen molar-refractivity contribution in [3.8, 4) is 12.3 Å². The molecule has 0 fully saturated rings. The van der Waals surface area contributed by atoms with Crippen molar-refractivity contribution in [3.63, 3.8) is 0 Å². The van der Waals surface area contributed by atoms with Gasteiger partial charge in [0.05, 0.1) is 18.0 Å². The molecule has 0 heterocycles. The lowest BCUT2D eigenvalue weighted by molar-refractivity contribution is 0.249. The van der Waals surface area contributed by atoms with Gasteiger partial charge in [-0.15, -0.1) is 6.42 Å². The third kappa shape index (κ3) is 6.54. The van der Waals surface area contributed by atoms with Crippen LogP contribution in [0.3, 0.4) is 0 Å². The summed E-state index contributed by atoms with van der Waals surface area (Å²) in [7, 11) is -3.43. The average molecular weight is 414 g/mol. The van der Waals surface area contributed by atoms with Crippen LogP contribution in [0, 0.1) is 12.3 Å². The molecule has 6 nitrogen and oxygen atoms in total. The Kier molecular flexibility index (Phi) is 6.60.